The zero-order valence-electron chi connectivity index (χ0n) is 25.3. The standard InChI is InChI=1S/C42H28N4S/c43-40(46-41(29-14-6-2-7-15-29)44-27-28-12-4-1-5-13-28)37-24-23-33(35-18-10-11-19-36(35)37)31-20-22-34-32(26-31)21-25-38-39(34)45-42(47-38)30-16-8-3-9-17-30/h1-27,43H. The number of thiazole rings is 1. The Kier molecular flexibility index (Phi) is 7.50. The first-order valence-corrected chi connectivity index (χ1v) is 16.3. The Morgan fingerprint density at radius 2 is 1.32 bits per heavy atom. The van der Waals surface area contributed by atoms with Crippen molar-refractivity contribution in [1.29, 1.82) is 5.41 Å². The number of benzene rings is 7. The highest BCUT2D eigenvalue weighted by molar-refractivity contribution is 7.21. The average molecular weight is 621 g/mol. The van der Waals surface area contributed by atoms with Crippen LogP contribution in [-0.4, -0.2) is 22.9 Å². The van der Waals surface area contributed by atoms with Crippen LogP contribution in [0.2, 0.25) is 0 Å². The molecule has 1 aromatic heterocycles. The van der Waals surface area contributed by atoms with Gasteiger partial charge in [0.2, 0.25) is 0 Å². The summed E-state index contributed by atoms with van der Waals surface area (Å²) in [6, 6.07) is 53.5. The lowest BCUT2D eigenvalue weighted by Gasteiger charge is -2.12. The fourth-order valence-electron chi connectivity index (χ4n) is 5.94. The predicted octanol–water partition coefficient (Wildman–Crippen LogP) is 10.8. The Hall–Kier alpha value is -6.04. The molecule has 0 unspecified atom stereocenters. The lowest BCUT2D eigenvalue weighted by molar-refractivity contribution is 1.41. The zero-order chi connectivity index (χ0) is 31.6. The molecular weight excluding hydrogens is 593 g/mol. The highest BCUT2D eigenvalue weighted by atomic mass is 32.1. The maximum atomic E-state index is 9.13. The first-order valence-electron chi connectivity index (χ1n) is 15.4. The summed E-state index contributed by atoms with van der Waals surface area (Å²) in [6.07, 6.45) is 1.79. The summed E-state index contributed by atoms with van der Waals surface area (Å²) < 4.78 is 1.18. The van der Waals surface area contributed by atoms with Crippen LogP contribution in [0.25, 0.3) is 53.5 Å². The van der Waals surface area contributed by atoms with Gasteiger partial charge < -0.3 is 0 Å². The van der Waals surface area contributed by atoms with Gasteiger partial charge in [-0.25, -0.2) is 15.0 Å². The molecule has 0 amide bonds. The maximum Gasteiger partial charge on any atom is 0.161 e. The first-order chi connectivity index (χ1) is 23.2. The monoisotopic (exact) mass is 620 g/mol. The molecule has 0 spiro atoms. The smallest absolute Gasteiger partial charge is 0.161 e. The van der Waals surface area contributed by atoms with E-state index in [-0.39, 0.29) is 5.84 Å². The molecule has 7 aromatic carbocycles. The van der Waals surface area contributed by atoms with Crippen molar-refractivity contribution in [1.82, 2.24) is 4.98 Å². The molecule has 4 nitrogen and oxygen atoms in total. The molecule has 0 aliphatic heterocycles. The van der Waals surface area contributed by atoms with Crippen LogP contribution in [0.4, 0.5) is 0 Å². The molecule has 0 saturated heterocycles. The molecule has 1 N–H and O–H groups in total. The number of fused-ring (bicyclic) bond motifs is 4. The molecule has 0 fully saturated rings. The fraction of sp³-hybridized carbons (Fsp3) is 0. The predicted molar refractivity (Wildman–Crippen MR) is 199 cm³/mol. The summed E-state index contributed by atoms with van der Waals surface area (Å²) in [4.78, 5) is 14.5. The van der Waals surface area contributed by atoms with Gasteiger partial charge in [-0.15, -0.1) is 11.3 Å². The molecule has 0 saturated carbocycles. The van der Waals surface area contributed by atoms with Crippen LogP contribution in [-0.2, 0) is 0 Å². The number of amidine groups is 2. The number of nitrogens with one attached hydrogen (secondary N) is 1. The van der Waals surface area contributed by atoms with Gasteiger partial charge in [-0.2, -0.15) is 0 Å². The van der Waals surface area contributed by atoms with E-state index >= 15 is 0 Å². The Morgan fingerprint density at radius 1 is 0.617 bits per heavy atom. The van der Waals surface area contributed by atoms with Crippen molar-refractivity contribution in [3.63, 3.8) is 0 Å². The molecule has 0 radical (unpaired) electrons. The average Bonchev–Trinajstić information content (AvgIpc) is 3.59. The Labute approximate surface area is 276 Å². The highest BCUT2D eigenvalue weighted by Crippen LogP contribution is 2.37. The lowest BCUT2D eigenvalue weighted by atomic mass is 9.93. The largest absolute Gasteiger partial charge is 0.282 e. The second kappa shape index (κ2) is 12.4. The van der Waals surface area contributed by atoms with E-state index in [2.05, 4.69) is 72.8 Å². The summed E-state index contributed by atoms with van der Waals surface area (Å²) in [5, 5.41) is 14.5. The van der Waals surface area contributed by atoms with E-state index in [4.69, 9.17) is 20.4 Å². The van der Waals surface area contributed by atoms with Gasteiger partial charge in [0.15, 0.2) is 11.7 Å². The van der Waals surface area contributed by atoms with Crippen molar-refractivity contribution in [3.8, 4) is 21.7 Å². The van der Waals surface area contributed by atoms with E-state index in [1.165, 1.54) is 4.70 Å². The summed E-state index contributed by atoms with van der Waals surface area (Å²) in [5.41, 5.74) is 6.98. The van der Waals surface area contributed by atoms with Crippen molar-refractivity contribution in [3.05, 3.63) is 174 Å². The van der Waals surface area contributed by atoms with Crippen molar-refractivity contribution in [2.45, 2.75) is 0 Å². The zero-order valence-corrected chi connectivity index (χ0v) is 26.2. The number of hydrogen-bond acceptors (Lipinski definition) is 3. The Bertz CT molecular complexity index is 2460. The number of aliphatic imine (C=N–C) groups is 2. The minimum Gasteiger partial charge on any atom is -0.282 e. The normalized spacial score (nSPS) is 12.0. The molecule has 8 aromatic rings. The lowest BCUT2D eigenvalue weighted by Crippen LogP contribution is -2.05. The summed E-state index contributed by atoms with van der Waals surface area (Å²) in [5.74, 6) is 0.654. The van der Waals surface area contributed by atoms with Gasteiger partial charge in [-0.3, -0.25) is 5.41 Å². The molecule has 0 aliphatic rings. The quantitative estimate of drug-likeness (QED) is 0.151. The SMILES string of the molecule is N=C(N=C(N=Cc1ccccc1)c1ccccc1)c1ccc(-c2ccc3c(ccc4sc(-c5ccccc5)nc43)c2)c2ccccc12. The second-order valence-corrected chi connectivity index (χ2v) is 12.3. The van der Waals surface area contributed by atoms with Crippen molar-refractivity contribution < 1.29 is 0 Å². The number of aromatic nitrogens is 1. The molecule has 8 rings (SSSR count). The van der Waals surface area contributed by atoms with E-state index in [1.54, 1.807) is 17.6 Å². The Morgan fingerprint density at radius 3 is 2.11 bits per heavy atom. The van der Waals surface area contributed by atoms with Gasteiger partial charge in [0, 0.05) is 28.3 Å². The highest BCUT2D eigenvalue weighted by Gasteiger charge is 2.14. The molecule has 47 heavy (non-hydrogen) atoms. The van der Waals surface area contributed by atoms with Crippen LogP contribution in [0.3, 0.4) is 0 Å². The third-order valence-corrected chi connectivity index (χ3v) is 9.34. The van der Waals surface area contributed by atoms with Crippen LogP contribution in [0.5, 0.6) is 0 Å². The van der Waals surface area contributed by atoms with Crippen LogP contribution >= 0.6 is 11.3 Å². The van der Waals surface area contributed by atoms with E-state index in [0.29, 0.717) is 5.84 Å². The minimum atomic E-state index is 0.162. The molecule has 1 heterocycles. The molecule has 5 heteroatoms. The molecule has 0 atom stereocenters. The summed E-state index contributed by atoms with van der Waals surface area (Å²) >= 11 is 1.73. The molecular formula is C42H28N4S. The minimum absolute atomic E-state index is 0.162. The van der Waals surface area contributed by atoms with Gasteiger partial charge >= 0.3 is 0 Å². The van der Waals surface area contributed by atoms with Gasteiger partial charge in [0.05, 0.1) is 10.2 Å². The van der Waals surface area contributed by atoms with E-state index in [1.807, 2.05) is 84.9 Å². The summed E-state index contributed by atoms with van der Waals surface area (Å²) in [7, 11) is 0. The van der Waals surface area contributed by atoms with Gasteiger partial charge in [0.1, 0.15) is 5.01 Å². The van der Waals surface area contributed by atoms with Gasteiger partial charge in [-0.05, 0) is 51.0 Å². The summed E-state index contributed by atoms with van der Waals surface area (Å²) in [6.45, 7) is 0. The van der Waals surface area contributed by atoms with E-state index < -0.39 is 0 Å². The number of hydrogen-bond donors (Lipinski definition) is 1. The van der Waals surface area contributed by atoms with Crippen molar-refractivity contribution in [2.75, 3.05) is 0 Å². The van der Waals surface area contributed by atoms with Crippen LogP contribution < -0.4 is 0 Å². The van der Waals surface area contributed by atoms with Crippen molar-refractivity contribution >= 4 is 61.0 Å². The van der Waals surface area contributed by atoms with E-state index in [0.717, 1.165) is 65.4 Å². The maximum absolute atomic E-state index is 9.13. The third-order valence-electron chi connectivity index (χ3n) is 8.27. The van der Waals surface area contributed by atoms with Crippen LogP contribution in [0, 0.1) is 5.41 Å². The Balaban J connectivity index is 1.18. The topological polar surface area (TPSA) is 61.5 Å². The molecule has 222 valence electrons. The molecule has 0 aliphatic carbocycles. The number of nitrogens with zero attached hydrogens (tertiary/aromatic N) is 3. The van der Waals surface area contributed by atoms with Crippen molar-refractivity contribution in [2.24, 2.45) is 9.98 Å². The fourth-order valence-corrected chi connectivity index (χ4v) is 6.93. The van der Waals surface area contributed by atoms with E-state index in [9.17, 15) is 0 Å². The first kappa shape index (κ1) is 28.4. The van der Waals surface area contributed by atoms with Gasteiger partial charge in [0.25, 0.3) is 0 Å². The van der Waals surface area contributed by atoms with Crippen LogP contribution in [0.15, 0.2) is 168 Å². The second-order valence-electron chi connectivity index (χ2n) is 11.3. The van der Waals surface area contributed by atoms with Gasteiger partial charge in [-0.1, -0.05) is 140 Å². The number of rotatable bonds is 5. The third kappa shape index (κ3) is 5.65. The van der Waals surface area contributed by atoms with Crippen LogP contribution in [0.1, 0.15) is 16.7 Å². The molecule has 0 bridgehead atoms.